The second-order valence-electron chi connectivity index (χ2n) is 4.65. The van der Waals surface area contributed by atoms with E-state index in [1.807, 2.05) is 42.5 Å². The molecule has 19 heavy (non-hydrogen) atoms. The summed E-state index contributed by atoms with van der Waals surface area (Å²) in [7, 11) is 0. The maximum absolute atomic E-state index is 12.0. The summed E-state index contributed by atoms with van der Waals surface area (Å²) in [6, 6.07) is 17.7. The standard InChI is InChI=1S/C16H14N2O/c1-12-7-9-13(10-8-12)11-18-15-6-4-2-3-5-14(15)17-16(18)19/h2-10H,11H2,1H3. The molecule has 3 heteroatoms. The Kier molecular flexibility index (Phi) is 2.88. The first-order chi connectivity index (χ1) is 9.24. The highest BCUT2D eigenvalue weighted by molar-refractivity contribution is 5.55. The van der Waals surface area contributed by atoms with Gasteiger partial charge in [-0.15, -0.1) is 0 Å². The van der Waals surface area contributed by atoms with Crippen molar-refractivity contribution in [3.8, 4) is 11.4 Å². The van der Waals surface area contributed by atoms with Crippen LogP contribution in [-0.2, 0) is 6.54 Å². The van der Waals surface area contributed by atoms with Crippen LogP contribution in [0.1, 0.15) is 11.1 Å². The van der Waals surface area contributed by atoms with Gasteiger partial charge in [-0.05, 0) is 24.6 Å². The molecule has 0 bridgehead atoms. The van der Waals surface area contributed by atoms with Crippen molar-refractivity contribution >= 4 is 0 Å². The third-order valence-corrected chi connectivity index (χ3v) is 3.19. The van der Waals surface area contributed by atoms with Crippen molar-refractivity contribution in [2.45, 2.75) is 13.5 Å². The van der Waals surface area contributed by atoms with Gasteiger partial charge in [0, 0.05) is 0 Å². The molecular formula is C16H14N2O. The number of benzene rings is 1. The van der Waals surface area contributed by atoms with Gasteiger partial charge in [-0.1, -0.05) is 48.0 Å². The van der Waals surface area contributed by atoms with Crippen LogP contribution in [0.4, 0.5) is 0 Å². The lowest BCUT2D eigenvalue weighted by atomic mass is 10.1. The van der Waals surface area contributed by atoms with Crippen LogP contribution in [0, 0.1) is 6.92 Å². The number of hydrogen-bond acceptors (Lipinski definition) is 2. The Labute approximate surface area is 111 Å². The fraction of sp³-hybridized carbons (Fsp3) is 0.125. The molecule has 2 aliphatic rings. The second kappa shape index (κ2) is 4.69. The third kappa shape index (κ3) is 2.27. The minimum Gasteiger partial charge on any atom is -0.286 e. The van der Waals surface area contributed by atoms with Crippen molar-refractivity contribution in [2.75, 3.05) is 0 Å². The largest absolute Gasteiger partial charge is 0.349 e. The minimum absolute atomic E-state index is 0.193. The molecule has 0 saturated carbocycles. The van der Waals surface area contributed by atoms with Gasteiger partial charge in [-0.3, -0.25) is 4.57 Å². The minimum atomic E-state index is -0.193. The topological polar surface area (TPSA) is 34.9 Å². The van der Waals surface area contributed by atoms with E-state index in [1.165, 1.54) is 5.56 Å². The molecule has 3 rings (SSSR count). The van der Waals surface area contributed by atoms with Crippen LogP contribution in [0.15, 0.2) is 59.4 Å². The summed E-state index contributed by atoms with van der Waals surface area (Å²) >= 11 is 0. The molecule has 0 unspecified atom stereocenters. The summed E-state index contributed by atoms with van der Waals surface area (Å²) in [6.45, 7) is 2.61. The number of aryl methyl sites for hydroxylation is 1. The first kappa shape index (κ1) is 11.7. The molecule has 1 aromatic carbocycles. The van der Waals surface area contributed by atoms with Gasteiger partial charge < -0.3 is 0 Å². The maximum Gasteiger partial charge on any atom is 0.349 e. The Morgan fingerprint density at radius 3 is 2.53 bits per heavy atom. The molecule has 1 aromatic rings. The summed E-state index contributed by atoms with van der Waals surface area (Å²) in [6.07, 6.45) is 0. The summed E-state index contributed by atoms with van der Waals surface area (Å²) < 4.78 is 1.71. The number of fused-ring (bicyclic) bond motifs is 1. The zero-order valence-electron chi connectivity index (χ0n) is 10.7. The third-order valence-electron chi connectivity index (χ3n) is 3.19. The number of rotatable bonds is 2. The molecule has 0 amide bonds. The molecule has 0 radical (unpaired) electrons. The van der Waals surface area contributed by atoms with Crippen LogP contribution >= 0.6 is 0 Å². The molecule has 0 saturated heterocycles. The molecule has 1 aliphatic carbocycles. The van der Waals surface area contributed by atoms with Crippen LogP contribution in [-0.4, -0.2) is 9.55 Å². The SMILES string of the molecule is Cc1ccc(Cn2c3cccccc-3nc2=O)cc1. The van der Waals surface area contributed by atoms with Crippen molar-refractivity contribution in [3.63, 3.8) is 0 Å². The van der Waals surface area contributed by atoms with Crippen LogP contribution in [0.25, 0.3) is 11.4 Å². The van der Waals surface area contributed by atoms with Gasteiger partial charge in [0.15, 0.2) is 0 Å². The van der Waals surface area contributed by atoms with Crippen molar-refractivity contribution in [1.82, 2.24) is 9.55 Å². The van der Waals surface area contributed by atoms with Gasteiger partial charge in [-0.25, -0.2) is 4.79 Å². The van der Waals surface area contributed by atoms with Gasteiger partial charge >= 0.3 is 5.69 Å². The van der Waals surface area contributed by atoms with Crippen molar-refractivity contribution < 1.29 is 0 Å². The van der Waals surface area contributed by atoms with Gasteiger partial charge in [0.2, 0.25) is 0 Å². The van der Waals surface area contributed by atoms with E-state index in [2.05, 4.69) is 24.0 Å². The lowest BCUT2D eigenvalue weighted by Gasteiger charge is -2.05. The van der Waals surface area contributed by atoms with Crippen LogP contribution in [0.3, 0.4) is 0 Å². The van der Waals surface area contributed by atoms with E-state index in [4.69, 9.17) is 0 Å². The molecule has 0 atom stereocenters. The van der Waals surface area contributed by atoms with E-state index >= 15 is 0 Å². The zero-order valence-corrected chi connectivity index (χ0v) is 10.7. The Bertz CT molecular complexity index is 728. The van der Waals surface area contributed by atoms with Gasteiger partial charge in [0.1, 0.15) is 0 Å². The predicted octanol–water partition coefficient (Wildman–Crippen LogP) is 2.70. The van der Waals surface area contributed by atoms with Crippen molar-refractivity contribution in [1.29, 1.82) is 0 Å². The zero-order chi connectivity index (χ0) is 13.2. The molecule has 0 spiro atoms. The summed E-state index contributed by atoms with van der Waals surface area (Å²) in [5.41, 5.74) is 3.74. The fourth-order valence-corrected chi connectivity index (χ4v) is 2.15. The lowest BCUT2D eigenvalue weighted by Crippen LogP contribution is -2.17. The first-order valence-electron chi connectivity index (χ1n) is 6.25. The molecule has 94 valence electrons. The first-order valence-corrected chi connectivity index (χ1v) is 6.25. The average molecular weight is 250 g/mol. The lowest BCUT2D eigenvalue weighted by molar-refractivity contribution is 0.772. The number of hydrogen-bond donors (Lipinski definition) is 0. The molecular weight excluding hydrogens is 236 g/mol. The van der Waals surface area contributed by atoms with Crippen molar-refractivity contribution in [2.24, 2.45) is 0 Å². The highest BCUT2D eigenvalue weighted by Crippen LogP contribution is 2.17. The summed E-state index contributed by atoms with van der Waals surface area (Å²) in [4.78, 5) is 16.0. The summed E-state index contributed by atoms with van der Waals surface area (Å²) in [5, 5.41) is 0. The number of nitrogens with zero attached hydrogens (tertiary/aromatic N) is 2. The molecule has 0 fully saturated rings. The molecule has 0 aromatic heterocycles. The average Bonchev–Trinajstić information content (AvgIpc) is 2.58. The van der Waals surface area contributed by atoms with E-state index in [0.717, 1.165) is 17.0 Å². The molecule has 3 nitrogen and oxygen atoms in total. The van der Waals surface area contributed by atoms with Gasteiger partial charge in [0.05, 0.1) is 17.9 Å². The quantitative estimate of drug-likeness (QED) is 0.701. The Hall–Kier alpha value is -2.42. The highest BCUT2D eigenvalue weighted by Gasteiger charge is 2.12. The fourth-order valence-electron chi connectivity index (χ4n) is 2.15. The smallest absolute Gasteiger partial charge is 0.286 e. The van der Waals surface area contributed by atoms with E-state index in [0.29, 0.717) is 6.54 Å². The van der Waals surface area contributed by atoms with Crippen LogP contribution in [0.5, 0.6) is 0 Å². The predicted molar refractivity (Wildman–Crippen MR) is 75.4 cm³/mol. The molecule has 1 heterocycles. The molecule has 1 aliphatic heterocycles. The molecule has 0 N–H and O–H groups in total. The van der Waals surface area contributed by atoms with E-state index in [-0.39, 0.29) is 5.69 Å². The van der Waals surface area contributed by atoms with Gasteiger partial charge in [-0.2, -0.15) is 4.98 Å². The van der Waals surface area contributed by atoms with E-state index in [9.17, 15) is 4.79 Å². The summed E-state index contributed by atoms with van der Waals surface area (Å²) in [5.74, 6) is 0. The highest BCUT2D eigenvalue weighted by atomic mass is 16.1. The Balaban J connectivity index is 2.05. The van der Waals surface area contributed by atoms with Gasteiger partial charge in [0.25, 0.3) is 0 Å². The Morgan fingerprint density at radius 2 is 1.74 bits per heavy atom. The van der Waals surface area contributed by atoms with E-state index < -0.39 is 0 Å². The number of imidazole rings is 1. The Morgan fingerprint density at radius 1 is 1.00 bits per heavy atom. The van der Waals surface area contributed by atoms with Crippen LogP contribution in [0.2, 0.25) is 0 Å². The normalized spacial score (nSPS) is 10.8. The second-order valence-corrected chi connectivity index (χ2v) is 4.65. The van der Waals surface area contributed by atoms with Crippen molar-refractivity contribution in [3.05, 3.63) is 76.2 Å². The van der Waals surface area contributed by atoms with E-state index in [1.54, 1.807) is 4.57 Å². The monoisotopic (exact) mass is 250 g/mol. The van der Waals surface area contributed by atoms with Crippen LogP contribution < -0.4 is 5.69 Å². The maximum atomic E-state index is 12.0. The number of aromatic nitrogens is 2.